The van der Waals surface area contributed by atoms with Crippen molar-refractivity contribution in [2.24, 2.45) is 0 Å². The van der Waals surface area contributed by atoms with Crippen LogP contribution in [0.25, 0.3) is 0 Å². The molecule has 0 unspecified atom stereocenters. The van der Waals surface area contributed by atoms with Gasteiger partial charge in [-0.1, -0.05) is 11.6 Å². The molecule has 0 spiro atoms. The highest BCUT2D eigenvalue weighted by Crippen LogP contribution is 2.23. The molecular formula is C9H5BrClN3S. The summed E-state index contributed by atoms with van der Waals surface area (Å²) in [6.45, 7) is 0. The Morgan fingerprint density at radius 3 is 2.40 bits per heavy atom. The summed E-state index contributed by atoms with van der Waals surface area (Å²) < 4.78 is 0.857. The lowest BCUT2D eigenvalue weighted by Gasteiger charge is -1.98. The van der Waals surface area contributed by atoms with Crippen LogP contribution in [0.4, 0.5) is 0 Å². The minimum absolute atomic E-state index is 0.621. The fraction of sp³-hybridized carbons (Fsp3) is 0. The van der Waals surface area contributed by atoms with Crippen molar-refractivity contribution in [1.29, 1.82) is 0 Å². The molecule has 0 aromatic carbocycles. The lowest BCUT2D eigenvalue weighted by atomic mass is 10.5. The van der Waals surface area contributed by atoms with Gasteiger partial charge in [-0.25, -0.2) is 15.0 Å². The van der Waals surface area contributed by atoms with Gasteiger partial charge in [-0.2, -0.15) is 0 Å². The second-order valence-electron chi connectivity index (χ2n) is 2.60. The van der Waals surface area contributed by atoms with Crippen LogP contribution in [0.3, 0.4) is 0 Å². The molecule has 2 aromatic heterocycles. The second-order valence-corrected chi connectivity index (χ2v) is 4.94. The van der Waals surface area contributed by atoms with Crippen molar-refractivity contribution >= 4 is 39.3 Å². The van der Waals surface area contributed by atoms with Crippen LogP contribution in [0.15, 0.2) is 45.4 Å². The van der Waals surface area contributed by atoms with Gasteiger partial charge >= 0.3 is 0 Å². The number of hydrogen-bond donors (Lipinski definition) is 0. The molecule has 2 aromatic rings. The average molecular weight is 303 g/mol. The zero-order chi connectivity index (χ0) is 10.7. The van der Waals surface area contributed by atoms with E-state index in [-0.39, 0.29) is 0 Å². The Balaban J connectivity index is 2.15. The third-order valence-corrected chi connectivity index (χ3v) is 2.97. The summed E-state index contributed by atoms with van der Waals surface area (Å²) in [5.74, 6) is 0. The summed E-state index contributed by atoms with van der Waals surface area (Å²) in [4.78, 5) is 12.4. The van der Waals surface area contributed by atoms with Crippen LogP contribution >= 0.6 is 39.3 Å². The number of pyridine rings is 1. The minimum atomic E-state index is 0.621. The van der Waals surface area contributed by atoms with Gasteiger partial charge < -0.3 is 0 Å². The van der Waals surface area contributed by atoms with E-state index < -0.39 is 0 Å². The first-order chi connectivity index (χ1) is 7.24. The Kier molecular flexibility index (Phi) is 3.56. The molecule has 0 saturated heterocycles. The Labute approximate surface area is 104 Å². The molecule has 0 N–H and O–H groups in total. The van der Waals surface area contributed by atoms with Crippen LogP contribution in [0.2, 0.25) is 5.02 Å². The predicted octanol–water partition coefficient (Wildman–Crippen LogP) is 3.44. The molecule has 0 aliphatic carbocycles. The molecule has 0 bridgehead atoms. The normalized spacial score (nSPS) is 10.3. The molecule has 0 aliphatic rings. The quantitative estimate of drug-likeness (QED) is 0.797. The first kappa shape index (κ1) is 10.9. The largest absolute Gasteiger partial charge is 0.248 e. The lowest BCUT2D eigenvalue weighted by Crippen LogP contribution is -1.86. The van der Waals surface area contributed by atoms with Crippen molar-refractivity contribution in [3.63, 3.8) is 0 Å². The van der Waals surface area contributed by atoms with E-state index in [1.807, 2.05) is 6.07 Å². The smallest absolute Gasteiger partial charge is 0.193 e. The first-order valence-corrected chi connectivity index (χ1v) is 6.00. The molecular weight excluding hydrogens is 298 g/mol. The third kappa shape index (κ3) is 3.15. The van der Waals surface area contributed by atoms with E-state index in [9.17, 15) is 0 Å². The van der Waals surface area contributed by atoms with Gasteiger partial charge in [-0.05, 0) is 39.8 Å². The van der Waals surface area contributed by atoms with Gasteiger partial charge in [0.15, 0.2) is 5.16 Å². The number of halogens is 2. The molecule has 0 fully saturated rings. The Hall–Kier alpha value is -0.650. The molecule has 0 amide bonds. The number of aromatic nitrogens is 3. The van der Waals surface area contributed by atoms with E-state index in [0.29, 0.717) is 10.2 Å². The van der Waals surface area contributed by atoms with E-state index in [1.165, 1.54) is 11.8 Å². The molecule has 76 valence electrons. The summed E-state index contributed by atoms with van der Waals surface area (Å²) >= 11 is 10.4. The van der Waals surface area contributed by atoms with Crippen LogP contribution in [-0.4, -0.2) is 15.0 Å². The molecule has 0 radical (unpaired) electrons. The van der Waals surface area contributed by atoms with E-state index in [4.69, 9.17) is 11.6 Å². The highest BCUT2D eigenvalue weighted by molar-refractivity contribution is 9.10. The Morgan fingerprint density at radius 2 is 1.80 bits per heavy atom. The maximum atomic E-state index is 5.73. The molecule has 15 heavy (non-hydrogen) atoms. The fourth-order valence-corrected chi connectivity index (χ4v) is 1.83. The molecule has 0 aliphatic heterocycles. The van der Waals surface area contributed by atoms with Gasteiger partial charge in [0.1, 0.15) is 5.03 Å². The Morgan fingerprint density at radius 1 is 1.07 bits per heavy atom. The maximum Gasteiger partial charge on any atom is 0.193 e. The summed E-state index contributed by atoms with van der Waals surface area (Å²) in [5, 5.41) is 2.10. The van der Waals surface area contributed by atoms with Crippen molar-refractivity contribution in [2.45, 2.75) is 10.2 Å². The van der Waals surface area contributed by atoms with Gasteiger partial charge in [-0.3, -0.25) is 0 Å². The number of hydrogen-bond acceptors (Lipinski definition) is 4. The zero-order valence-corrected chi connectivity index (χ0v) is 10.6. The van der Waals surface area contributed by atoms with Crippen LogP contribution in [-0.2, 0) is 0 Å². The van der Waals surface area contributed by atoms with Crippen LogP contribution in [0.5, 0.6) is 0 Å². The van der Waals surface area contributed by atoms with E-state index in [1.54, 1.807) is 24.7 Å². The number of rotatable bonds is 2. The van der Waals surface area contributed by atoms with Crippen molar-refractivity contribution in [3.05, 3.63) is 40.2 Å². The van der Waals surface area contributed by atoms with Crippen molar-refractivity contribution in [1.82, 2.24) is 15.0 Å². The summed E-state index contributed by atoms with van der Waals surface area (Å²) in [7, 11) is 0. The topological polar surface area (TPSA) is 38.7 Å². The van der Waals surface area contributed by atoms with Gasteiger partial charge in [0.05, 0.1) is 9.50 Å². The molecule has 0 atom stereocenters. The van der Waals surface area contributed by atoms with E-state index in [0.717, 1.165) is 9.50 Å². The average Bonchev–Trinajstić information content (AvgIpc) is 2.25. The van der Waals surface area contributed by atoms with E-state index >= 15 is 0 Å². The standard InChI is InChI=1S/C9H5BrClN3S/c10-6-3-13-9(14-4-6)15-8-2-1-7(11)5-12-8/h1-5H. The van der Waals surface area contributed by atoms with Crippen LogP contribution in [0.1, 0.15) is 0 Å². The predicted molar refractivity (Wildman–Crippen MR) is 63.1 cm³/mol. The highest BCUT2D eigenvalue weighted by atomic mass is 79.9. The molecule has 0 saturated carbocycles. The van der Waals surface area contributed by atoms with Gasteiger partial charge in [0.25, 0.3) is 0 Å². The molecule has 6 heteroatoms. The van der Waals surface area contributed by atoms with Gasteiger partial charge in [0, 0.05) is 18.6 Å². The second kappa shape index (κ2) is 4.92. The molecule has 2 heterocycles. The maximum absolute atomic E-state index is 5.73. The van der Waals surface area contributed by atoms with Crippen molar-refractivity contribution < 1.29 is 0 Å². The van der Waals surface area contributed by atoms with Crippen molar-refractivity contribution in [2.75, 3.05) is 0 Å². The monoisotopic (exact) mass is 301 g/mol. The summed E-state index contributed by atoms with van der Waals surface area (Å²) in [6, 6.07) is 3.62. The zero-order valence-electron chi connectivity index (χ0n) is 7.39. The van der Waals surface area contributed by atoms with Gasteiger partial charge in [0.2, 0.25) is 0 Å². The lowest BCUT2D eigenvalue weighted by molar-refractivity contribution is 0.952. The summed E-state index contributed by atoms with van der Waals surface area (Å²) in [5.41, 5.74) is 0. The fourth-order valence-electron chi connectivity index (χ4n) is 0.869. The summed E-state index contributed by atoms with van der Waals surface area (Å²) in [6.07, 6.45) is 5.00. The Bertz CT molecular complexity index is 402. The first-order valence-electron chi connectivity index (χ1n) is 4.01. The van der Waals surface area contributed by atoms with E-state index in [2.05, 4.69) is 30.9 Å². The van der Waals surface area contributed by atoms with Crippen molar-refractivity contribution in [3.8, 4) is 0 Å². The molecule has 2 rings (SSSR count). The SMILES string of the molecule is Clc1ccc(Sc2ncc(Br)cn2)nc1. The van der Waals surface area contributed by atoms with Crippen LogP contribution in [0, 0.1) is 0 Å². The van der Waals surface area contributed by atoms with Crippen LogP contribution < -0.4 is 0 Å². The number of nitrogens with zero attached hydrogens (tertiary/aromatic N) is 3. The molecule has 3 nitrogen and oxygen atoms in total. The third-order valence-electron chi connectivity index (χ3n) is 1.49. The van der Waals surface area contributed by atoms with Gasteiger partial charge in [-0.15, -0.1) is 0 Å². The highest BCUT2D eigenvalue weighted by Gasteiger charge is 2.01. The minimum Gasteiger partial charge on any atom is -0.248 e.